The van der Waals surface area contributed by atoms with E-state index in [0.717, 1.165) is 23.3 Å². The first-order chi connectivity index (χ1) is 15.4. The molecule has 0 bridgehead atoms. The molecule has 0 radical (unpaired) electrons. The summed E-state index contributed by atoms with van der Waals surface area (Å²) in [6.45, 7) is 4.22. The number of benzene rings is 3. The Morgan fingerprint density at radius 1 is 0.906 bits per heavy atom. The van der Waals surface area contributed by atoms with Crippen molar-refractivity contribution in [3.8, 4) is 22.6 Å². The summed E-state index contributed by atoms with van der Waals surface area (Å²) in [5.74, 6) is 1.15. The molecule has 4 N–H and O–H groups in total. The average Bonchev–Trinajstić information content (AvgIpc) is 2.81. The molecule has 1 atom stereocenters. The molecule has 6 heteroatoms. The summed E-state index contributed by atoms with van der Waals surface area (Å²) in [6.07, 6.45) is 0.782. The van der Waals surface area contributed by atoms with Gasteiger partial charge in [0, 0.05) is 12.1 Å². The lowest BCUT2D eigenvalue weighted by Crippen LogP contribution is -2.51. The van der Waals surface area contributed by atoms with Gasteiger partial charge in [-0.05, 0) is 66.9 Å². The lowest BCUT2D eigenvalue weighted by molar-refractivity contribution is -0.121. The number of rotatable bonds is 10. The van der Waals surface area contributed by atoms with Crippen molar-refractivity contribution in [2.24, 2.45) is 5.73 Å². The molecule has 0 aliphatic rings. The van der Waals surface area contributed by atoms with Crippen LogP contribution in [-0.2, 0) is 11.2 Å². The van der Waals surface area contributed by atoms with E-state index < -0.39 is 18.1 Å². The van der Waals surface area contributed by atoms with Crippen LogP contribution in [0.5, 0.6) is 11.5 Å². The number of aliphatic hydroxyl groups is 1. The van der Waals surface area contributed by atoms with Crippen LogP contribution in [0.1, 0.15) is 19.4 Å². The van der Waals surface area contributed by atoms with Gasteiger partial charge in [-0.2, -0.15) is 0 Å². The van der Waals surface area contributed by atoms with Crippen molar-refractivity contribution < 1.29 is 19.4 Å². The van der Waals surface area contributed by atoms with Gasteiger partial charge >= 0.3 is 0 Å². The van der Waals surface area contributed by atoms with Gasteiger partial charge in [0.05, 0.1) is 19.8 Å². The summed E-state index contributed by atoms with van der Waals surface area (Å²) < 4.78 is 11.3. The van der Waals surface area contributed by atoms with E-state index in [1.807, 2.05) is 19.1 Å². The van der Waals surface area contributed by atoms with E-state index in [1.54, 1.807) is 24.3 Å². The highest BCUT2D eigenvalue weighted by atomic mass is 16.5. The zero-order valence-corrected chi connectivity index (χ0v) is 18.5. The van der Waals surface area contributed by atoms with Gasteiger partial charge in [0.15, 0.2) is 0 Å². The van der Waals surface area contributed by atoms with Crippen LogP contribution in [0, 0.1) is 0 Å². The van der Waals surface area contributed by atoms with Crippen molar-refractivity contribution in [2.75, 3.05) is 25.1 Å². The normalized spacial score (nSPS) is 12.6. The van der Waals surface area contributed by atoms with Gasteiger partial charge in [0.1, 0.15) is 17.0 Å². The molecule has 3 aromatic rings. The zero-order chi connectivity index (χ0) is 23.0. The second-order valence-corrected chi connectivity index (χ2v) is 7.81. The molecule has 6 nitrogen and oxygen atoms in total. The minimum absolute atomic E-state index is 0.429. The molecular weight excluding hydrogens is 404 g/mol. The molecular formula is C26H30N2O4. The quantitative estimate of drug-likeness (QED) is 0.448. The Kier molecular flexibility index (Phi) is 7.87. The van der Waals surface area contributed by atoms with Gasteiger partial charge in [-0.25, -0.2) is 0 Å². The third-order valence-corrected chi connectivity index (χ3v) is 5.07. The summed E-state index contributed by atoms with van der Waals surface area (Å²) in [5, 5.41) is 11.9. The molecule has 0 saturated carbocycles. The second kappa shape index (κ2) is 10.8. The van der Waals surface area contributed by atoms with Crippen LogP contribution in [0.15, 0.2) is 72.8 Å². The van der Waals surface area contributed by atoms with Gasteiger partial charge in [-0.15, -0.1) is 0 Å². The maximum Gasteiger partial charge on any atom is 0.246 e. The molecule has 0 aromatic heterocycles. The molecule has 1 amide bonds. The Morgan fingerprint density at radius 2 is 1.44 bits per heavy atom. The third kappa shape index (κ3) is 6.33. The van der Waals surface area contributed by atoms with Crippen molar-refractivity contribution >= 4 is 11.6 Å². The van der Waals surface area contributed by atoms with E-state index in [-0.39, 0.29) is 0 Å². The van der Waals surface area contributed by atoms with Gasteiger partial charge in [-0.3, -0.25) is 4.79 Å². The van der Waals surface area contributed by atoms with Crippen LogP contribution in [-0.4, -0.2) is 36.4 Å². The fourth-order valence-electron chi connectivity index (χ4n) is 3.04. The maximum absolute atomic E-state index is 12.0. The second-order valence-electron chi connectivity index (χ2n) is 7.81. The van der Waals surface area contributed by atoms with Crippen LogP contribution in [0.25, 0.3) is 11.1 Å². The standard InChI is InChI=1S/C26H30N2O4/c1-3-31-23-12-8-21(9-13-23)20-6-4-19(5-7-20)16-17-32-24-14-10-22(11-15-24)28-25(30)26(2,27)18-29/h4-15,29H,3,16-18,27H2,1-2H3,(H,28,30)/t26-/m0/s1. The lowest BCUT2D eigenvalue weighted by atomic mass is 10.0. The number of hydrogen-bond acceptors (Lipinski definition) is 5. The first-order valence-corrected chi connectivity index (χ1v) is 10.7. The molecule has 0 heterocycles. The van der Waals surface area contributed by atoms with E-state index in [1.165, 1.54) is 12.5 Å². The topological polar surface area (TPSA) is 93.8 Å². The Bertz CT molecular complexity index is 998. The molecule has 0 spiro atoms. The van der Waals surface area contributed by atoms with Crippen LogP contribution in [0.3, 0.4) is 0 Å². The first-order valence-electron chi connectivity index (χ1n) is 10.7. The summed E-state index contributed by atoms with van der Waals surface area (Å²) >= 11 is 0. The fraction of sp³-hybridized carbons (Fsp3) is 0.269. The maximum atomic E-state index is 12.0. The lowest BCUT2D eigenvalue weighted by Gasteiger charge is -2.20. The SMILES string of the molecule is CCOc1ccc(-c2ccc(CCOc3ccc(NC(=O)[C@@](C)(N)CO)cc3)cc2)cc1. The van der Waals surface area contributed by atoms with E-state index in [2.05, 4.69) is 41.7 Å². The monoisotopic (exact) mass is 434 g/mol. The zero-order valence-electron chi connectivity index (χ0n) is 18.5. The molecule has 3 rings (SSSR count). The number of nitrogens with one attached hydrogen (secondary N) is 1. The van der Waals surface area contributed by atoms with Gasteiger partial charge in [0.2, 0.25) is 5.91 Å². The fourth-order valence-corrected chi connectivity index (χ4v) is 3.04. The summed E-state index contributed by atoms with van der Waals surface area (Å²) in [5.41, 5.74) is 8.50. The molecule has 0 saturated heterocycles. The number of nitrogens with two attached hydrogens (primary N) is 1. The van der Waals surface area contributed by atoms with Gasteiger partial charge in [0.25, 0.3) is 0 Å². The average molecular weight is 435 g/mol. The van der Waals surface area contributed by atoms with Crippen LogP contribution < -0.4 is 20.5 Å². The Labute approximate surface area is 189 Å². The number of carbonyl (C=O) groups excluding carboxylic acids is 1. The van der Waals surface area contributed by atoms with Crippen LogP contribution in [0.2, 0.25) is 0 Å². The van der Waals surface area contributed by atoms with Crippen molar-refractivity contribution in [1.29, 1.82) is 0 Å². The van der Waals surface area contributed by atoms with Crippen molar-refractivity contribution in [2.45, 2.75) is 25.8 Å². The largest absolute Gasteiger partial charge is 0.494 e. The number of aliphatic hydroxyl groups excluding tert-OH is 1. The predicted octanol–water partition coefficient (Wildman–Crippen LogP) is 4.02. The predicted molar refractivity (Wildman–Crippen MR) is 127 cm³/mol. The molecule has 0 aliphatic heterocycles. The van der Waals surface area contributed by atoms with Gasteiger partial charge in [-0.1, -0.05) is 36.4 Å². The van der Waals surface area contributed by atoms with Crippen molar-refractivity contribution in [3.63, 3.8) is 0 Å². The number of carbonyl (C=O) groups is 1. The highest BCUT2D eigenvalue weighted by molar-refractivity contribution is 5.97. The third-order valence-electron chi connectivity index (χ3n) is 5.07. The van der Waals surface area contributed by atoms with Gasteiger partial charge < -0.3 is 25.6 Å². The van der Waals surface area contributed by atoms with Crippen LogP contribution in [0.4, 0.5) is 5.69 Å². The highest BCUT2D eigenvalue weighted by Crippen LogP contribution is 2.23. The van der Waals surface area contributed by atoms with Crippen molar-refractivity contribution in [1.82, 2.24) is 0 Å². The molecule has 0 aliphatic carbocycles. The molecule has 168 valence electrons. The van der Waals surface area contributed by atoms with E-state index in [4.69, 9.17) is 20.3 Å². The molecule has 32 heavy (non-hydrogen) atoms. The Balaban J connectivity index is 1.48. The summed E-state index contributed by atoms with van der Waals surface area (Å²) in [4.78, 5) is 12.0. The Hall–Kier alpha value is -3.35. The number of ether oxygens (including phenoxy) is 2. The highest BCUT2D eigenvalue weighted by Gasteiger charge is 2.27. The van der Waals surface area contributed by atoms with Crippen molar-refractivity contribution in [3.05, 3.63) is 78.4 Å². The van der Waals surface area contributed by atoms with Crippen LogP contribution >= 0.6 is 0 Å². The summed E-state index contributed by atoms with van der Waals surface area (Å²) in [7, 11) is 0. The number of anilines is 1. The number of hydrogen-bond donors (Lipinski definition) is 3. The Morgan fingerprint density at radius 3 is 2.00 bits per heavy atom. The van der Waals surface area contributed by atoms with E-state index >= 15 is 0 Å². The molecule has 0 fully saturated rings. The molecule has 0 unspecified atom stereocenters. The first kappa shape index (κ1) is 23.3. The van der Waals surface area contributed by atoms with E-state index in [0.29, 0.717) is 24.7 Å². The summed E-state index contributed by atoms with van der Waals surface area (Å²) in [6, 6.07) is 23.6. The smallest absolute Gasteiger partial charge is 0.246 e. The minimum atomic E-state index is -1.32. The number of amides is 1. The molecule has 3 aromatic carbocycles. The minimum Gasteiger partial charge on any atom is -0.494 e. The van der Waals surface area contributed by atoms with E-state index in [9.17, 15) is 4.79 Å².